The molecule has 2 aromatic heterocycles. The zero-order chi connectivity index (χ0) is 15.0. The van der Waals surface area contributed by atoms with Gasteiger partial charge in [-0.25, -0.2) is 4.98 Å². The lowest BCUT2D eigenvalue weighted by Crippen LogP contribution is -2.00. The monoisotopic (exact) mass is 295 g/mol. The van der Waals surface area contributed by atoms with Crippen LogP contribution in [0.15, 0.2) is 35.4 Å². The highest BCUT2D eigenvalue weighted by molar-refractivity contribution is 7.99. The molecular formula is C17H17N3S. The molecule has 0 radical (unpaired) electrons. The lowest BCUT2D eigenvalue weighted by atomic mass is 10.2. The molecule has 0 aliphatic rings. The molecule has 0 amide bonds. The maximum absolute atomic E-state index is 9.45. The number of aryl methyl sites for hydroxylation is 1. The van der Waals surface area contributed by atoms with Gasteiger partial charge in [0.1, 0.15) is 6.07 Å². The van der Waals surface area contributed by atoms with Crippen LogP contribution in [0.3, 0.4) is 0 Å². The minimum absolute atomic E-state index is 0.529. The molecule has 1 aromatic carbocycles. The van der Waals surface area contributed by atoms with Crippen molar-refractivity contribution in [3.8, 4) is 6.07 Å². The van der Waals surface area contributed by atoms with Crippen LogP contribution in [-0.4, -0.2) is 14.6 Å². The molecule has 0 bridgehead atoms. The van der Waals surface area contributed by atoms with E-state index >= 15 is 0 Å². The highest BCUT2D eigenvalue weighted by atomic mass is 32.2. The molecule has 1 atom stereocenters. The minimum atomic E-state index is 0.529. The molecule has 0 N–H and O–H groups in total. The predicted octanol–water partition coefficient (Wildman–Crippen LogP) is 4.56. The van der Waals surface area contributed by atoms with Crippen LogP contribution in [0.4, 0.5) is 0 Å². The average Bonchev–Trinajstić information content (AvgIpc) is 2.86. The third kappa shape index (κ3) is 2.28. The number of hydrogen-bond donors (Lipinski definition) is 0. The first-order chi connectivity index (χ1) is 10.2. The summed E-state index contributed by atoms with van der Waals surface area (Å²) in [6.07, 6.45) is 1.11. The van der Waals surface area contributed by atoms with Crippen LogP contribution in [0, 0.1) is 18.3 Å². The molecule has 3 aromatic rings. The van der Waals surface area contributed by atoms with Crippen LogP contribution in [0.1, 0.15) is 31.4 Å². The summed E-state index contributed by atoms with van der Waals surface area (Å²) < 4.78 is 2.12. The normalized spacial score (nSPS) is 12.7. The van der Waals surface area contributed by atoms with Crippen molar-refractivity contribution in [2.75, 3.05) is 0 Å². The molecule has 0 saturated carbocycles. The van der Waals surface area contributed by atoms with Crippen molar-refractivity contribution in [2.24, 2.45) is 0 Å². The molecular weight excluding hydrogens is 278 g/mol. The highest BCUT2D eigenvalue weighted by Crippen LogP contribution is 2.32. The Morgan fingerprint density at radius 3 is 2.86 bits per heavy atom. The summed E-state index contributed by atoms with van der Waals surface area (Å²) in [6.45, 7) is 6.40. The number of fused-ring (bicyclic) bond motifs is 3. The molecule has 0 aliphatic heterocycles. The Labute approximate surface area is 128 Å². The Kier molecular flexibility index (Phi) is 3.60. The second-order valence-electron chi connectivity index (χ2n) is 5.25. The van der Waals surface area contributed by atoms with E-state index in [9.17, 15) is 5.26 Å². The number of benzene rings is 1. The number of imidazole rings is 1. The predicted molar refractivity (Wildman–Crippen MR) is 87.8 cm³/mol. The number of pyridine rings is 1. The number of nitrogens with zero attached hydrogens (tertiary/aromatic N) is 3. The first-order valence-corrected chi connectivity index (χ1v) is 8.01. The van der Waals surface area contributed by atoms with Gasteiger partial charge < -0.3 is 0 Å². The molecule has 0 saturated heterocycles. The van der Waals surface area contributed by atoms with E-state index in [2.05, 4.69) is 41.4 Å². The lowest BCUT2D eigenvalue weighted by Gasteiger charge is -2.13. The molecule has 4 heteroatoms. The van der Waals surface area contributed by atoms with Gasteiger partial charge in [0.05, 0.1) is 21.6 Å². The van der Waals surface area contributed by atoms with Crippen molar-refractivity contribution in [3.05, 3.63) is 41.5 Å². The van der Waals surface area contributed by atoms with Crippen LogP contribution in [0.2, 0.25) is 0 Å². The number of hydrogen-bond acceptors (Lipinski definition) is 3. The Bertz CT molecular complexity index is 858. The number of thioether (sulfide) groups is 1. The Morgan fingerprint density at radius 1 is 1.38 bits per heavy atom. The van der Waals surface area contributed by atoms with Gasteiger partial charge in [-0.3, -0.25) is 4.40 Å². The van der Waals surface area contributed by atoms with Crippen LogP contribution < -0.4 is 0 Å². The SMILES string of the molecule is CC[C@H](C)Sc1cc(C)c(C#N)c2nc3ccccc3n12. The summed E-state index contributed by atoms with van der Waals surface area (Å²) in [5.41, 5.74) is 4.43. The smallest absolute Gasteiger partial charge is 0.157 e. The van der Waals surface area contributed by atoms with Gasteiger partial charge in [0.15, 0.2) is 5.65 Å². The summed E-state index contributed by atoms with van der Waals surface area (Å²) in [5, 5.41) is 11.1. The summed E-state index contributed by atoms with van der Waals surface area (Å²) in [4.78, 5) is 4.67. The maximum atomic E-state index is 9.45. The molecule has 21 heavy (non-hydrogen) atoms. The Hall–Kier alpha value is -1.99. The summed E-state index contributed by atoms with van der Waals surface area (Å²) in [7, 11) is 0. The zero-order valence-corrected chi connectivity index (χ0v) is 13.2. The molecule has 0 aliphatic carbocycles. The van der Waals surface area contributed by atoms with E-state index in [4.69, 9.17) is 0 Å². The Balaban J connectivity index is 2.39. The third-order valence-corrected chi connectivity index (χ3v) is 5.03. The molecule has 0 unspecified atom stereocenters. The molecule has 3 nitrogen and oxygen atoms in total. The van der Waals surface area contributed by atoms with Gasteiger partial charge in [0.25, 0.3) is 0 Å². The van der Waals surface area contributed by atoms with Gasteiger partial charge in [-0.1, -0.05) is 26.0 Å². The van der Waals surface area contributed by atoms with Crippen molar-refractivity contribution < 1.29 is 0 Å². The minimum Gasteiger partial charge on any atom is -0.286 e. The van der Waals surface area contributed by atoms with Gasteiger partial charge >= 0.3 is 0 Å². The maximum Gasteiger partial charge on any atom is 0.157 e. The van der Waals surface area contributed by atoms with E-state index in [1.807, 2.05) is 36.9 Å². The fraction of sp³-hybridized carbons (Fsp3) is 0.294. The van der Waals surface area contributed by atoms with E-state index in [0.717, 1.165) is 33.7 Å². The zero-order valence-electron chi connectivity index (χ0n) is 12.4. The second-order valence-corrected chi connectivity index (χ2v) is 6.71. The topological polar surface area (TPSA) is 41.1 Å². The molecule has 2 heterocycles. The summed E-state index contributed by atoms with van der Waals surface area (Å²) in [6, 6.07) is 12.5. The fourth-order valence-corrected chi connectivity index (χ4v) is 3.54. The van der Waals surface area contributed by atoms with Crippen molar-refractivity contribution >= 4 is 28.4 Å². The highest BCUT2D eigenvalue weighted by Gasteiger charge is 2.16. The van der Waals surface area contributed by atoms with E-state index in [-0.39, 0.29) is 0 Å². The fourth-order valence-electron chi connectivity index (χ4n) is 2.43. The van der Waals surface area contributed by atoms with E-state index in [1.54, 1.807) is 0 Å². The largest absolute Gasteiger partial charge is 0.286 e. The van der Waals surface area contributed by atoms with E-state index in [1.165, 1.54) is 0 Å². The number of aromatic nitrogens is 2. The Morgan fingerprint density at radius 2 is 2.14 bits per heavy atom. The van der Waals surface area contributed by atoms with Crippen LogP contribution in [-0.2, 0) is 0 Å². The van der Waals surface area contributed by atoms with Crippen molar-refractivity contribution in [1.82, 2.24) is 9.38 Å². The second kappa shape index (κ2) is 5.42. The molecule has 3 rings (SSSR count). The van der Waals surface area contributed by atoms with E-state index < -0.39 is 0 Å². The van der Waals surface area contributed by atoms with Crippen LogP contribution in [0.25, 0.3) is 16.7 Å². The third-order valence-electron chi connectivity index (χ3n) is 3.75. The van der Waals surface area contributed by atoms with Crippen molar-refractivity contribution in [1.29, 1.82) is 5.26 Å². The summed E-state index contributed by atoms with van der Waals surface area (Å²) in [5.74, 6) is 0. The van der Waals surface area contributed by atoms with E-state index in [0.29, 0.717) is 10.8 Å². The number of rotatable bonds is 3. The van der Waals surface area contributed by atoms with Gasteiger partial charge in [-0.05, 0) is 37.1 Å². The van der Waals surface area contributed by atoms with Gasteiger partial charge in [-0.2, -0.15) is 5.26 Å². The molecule has 106 valence electrons. The number of nitriles is 1. The van der Waals surface area contributed by atoms with Gasteiger partial charge in [0, 0.05) is 5.25 Å². The van der Waals surface area contributed by atoms with Gasteiger partial charge in [-0.15, -0.1) is 11.8 Å². The first kappa shape index (κ1) is 14.0. The van der Waals surface area contributed by atoms with Gasteiger partial charge in [0.2, 0.25) is 0 Å². The summed E-state index contributed by atoms with van der Waals surface area (Å²) >= 11 is 1.84. The van der Waals surface area contributed by atoms with Crippen molar-refractivity contribution in [2.45, 2.75) is 37.5 Å². The lowest BCUT2D eigenvalue weighted by molar-refractivity contribution is 0.897. The standard InChI is InChI=1S/C17H17N3S/c1-4-12(3)21-16-9-11(2)13(10-18)17-19-14-7-5-6-8-15(14)20(16)17/h5-9,12H,4H2,1-3H3/t12-/m0/s1. The average molecular weight is 295 g/mol. The molecule has 0 spiro atoms. The van der Waals surface area contributed by atoms with Crippen molar-refractivity contribution in [3.63, 3.8) is 0 Å². The molecule has 0 fully saturated rings. The quantitative estimate of drug-likeness (QED) is 0.665. The van der Waals surface area contributed by atoms with Crippen LogP contribution >= 0.6 is 11.8 Å². The first-order valence-electron chi connectivity index (χ1n) is 7.13. The number of para-hydroxylation sites is 2. The van der Waals surface area contributed by atoms with Crippen LogP contribution in [0.5, 0.6) is 0 Å².